The number of rotatable bonds is 4. The van der Waals surface area contributed by atoms with Crippen molar-refractivity contribution >= 4 is 24.2 Å². The van der Waals surface area contributed by atoms with Crippen molar-refractivity contribution < 1.29 is 14.1 Å². The van der Waals surface area contributed by atoms with Gasteiger partial charge >= 0.3 is 0 Å². The molecule has 0 radical (unpaired) electrons. The van der Waals surface area contributed by atoms with Crippen LogP contribution in [0.3, 0.4) is 0 Å². The summed E-state index contributed by atoms with van der Waals surface area (Å²) in [7, 11) is 0. The van der Waals surface area contributed by atoms with Gasteiger partial charge in [0, 0.05) is 31.1 Å². The fourth-order valence-electron chi connectivity index (χ4n) is 5.09. The van der Waals surface area contributed by atoms with Crippen LogP contribution >= 0.6 is 12.4 Å². The normalized spacial score (nSPS) is 29.7. The Morgan fingerprint density at radius 3 is 2.85 bits per heavy atom. The average molecular weight is 397 g/mol. The summed E-state index contributed by atoms with van der Waals surface area (Å²) < 4.78 is 5.14. The summed E-state index contributed by atoms with van der Waals surface area (Å²) in [6.07, 6.45) is 4.16. The van der Waals surface area contributed by atoms with Crippen LogP contribution in [0.15, 0.2) is 4.52 Å². The fourth-order valence-corrected chi connectivity index (χ4v) is 5.09. The number of nitrogens with one attached hydrogen (secondary N) is 2. The van der Waals surface area contributed by atoms with Crippen molar-refractivity contribution in [2.24, 2.45) is 11.8 Å². The molecule has 0 aliphatic carbocycles. The van der Waals surface area contributed by atoms with Crippen LogP contribution in [0.4, 0.5) is 0 Å². The summed E-state index contributed by atoms with van der Waals surface area (Å²) in [6.45, 7) is 6.15. The first-order chi connectivity index (χ1) is 12.5. The lowest BCUT2D eigenvalue weighted by molar-refractivity contribution is -0.149. The Labute approximate surface area is 166 Å². The van der Waals surface area contributed by atoms with Crippen molar-refractivity contribution in [2.45, 2.75) is 58.0 Å². The topological polar surface area (TPSA) is 87.5 Å². The number of aryl methyl sites for hydroxylation is 2. The molecule has 0 unspecified atom stereocenters. The third-order valence-corrected chi connectivity index (χ3v) is 6.43. The zero-order chi connectivity index (χ0) is 18.3. The lowest BCUT2D eigenvalue weighted by Gasteiger charge is -2.54. The average Bonchev–Trinajstić information content (AvgIpc) is 2.94. The molecular weight excluding hydrogens is 368 g/mol. The van der Waals surface area contributed by atoms with E-state index < -0.39 is 0 Å². The minimum absolute atomic E-state index is 0. The minimum Gasteiger partial charge on any atom is -0.361 e. The number of fused-ring (bicyclic) bond motifs is 4. The number of piperidine rings is 3. The van der Waals surface area contributed by atoms with Gasteiger partial charge in [-0.25, -0.2) is 0 Å². The Hall–Kier alpha value is -1.60. The van der Waals surface area contributed by atoms with Crippen LogP contribution in [0.1, 0.15) is 42.7 Å². The van der Waals surface area contributed by atoms with Gasteiger partial charge in [-0.2, -0.15) is 0 Å². The maximum absolute atomic E-state index is 12.6. The molecule has 0 spiro atoms. The first-order valence-electron chi connectivity index (χ1n) is 9.75. The summed E-state index contributed by atoms with van der Waals surface area (Å²) in [4.78, 5) is 27.2. The first kappa shape index (κ1) is 20.1. The predicted molar refractivity (Wildman–Crippen MR) is 103 cm³/mol. The van der Waals surface area contributed by atoms with E-state index in [9.17, 15) is 9.59 Å². The second-order valence-corrected chi connectivity index (χ2v) is 8.03. The highest BCUT2D eigenvalue weighted by Gasteiger charge is 2.47. The Morgan fingerprint density at radius 1 is 1.33 bits per heavy atom. The molecule has 1 aromatic rings. The third-order valence-electron chi connectivity index (χ3n) is 6.43. The van der Waals surface area contributed by atoms with Crippen LogP contribution < -0.4 is 10.6 Å². The van der Waals surface area contributed by atoms with Crippen LogP contribution in [0, 0.1) is 25.7 Å². The minimum atomic E-state index is -0.0358. The van der Waals surface area contributed by atoms with Crippen molar-refractivity contribution in [1.29, 1.82) is 0 Å². The molecule has 3 fully saturated rings. The van der Waals surface area contributed by atoms with E-state index in [1.165, 1.54) is 0 Å². The van der Waals surface area contributed by atoms with Gasteiger partial charge in [-0.1, -0.05) is 5.16 Å². The molecule has 2 amide bonds. The molecule has 8 heteroatoms. The number of carbonyl (C=O) groups excluding carboxylic acids is 2. The van der Waals surface area contributed by atoms with Crippen LogP contribution in [-0.2, 0) is 16.0 Å². The molecule has 7 nitrogen and oxygen atoms in total. The van der Waals surface area contributed by atoms with Crippen LogP contribution in [0.2, 0.25) is 0 Å². The molecule has 27 heavy (non-hydrogen) atoms. The number of nitrogens with zero attached hydrogens (tertiary/aromatic N) is 2. The number of aromatic nitrogens is 1. The van der Waals surface area contributed by atoms with Gasteiger partial charge in [-0.05, 0) is 51.5 Å². The highest BCUT2D eigenvalue weighted by Crippen LogP contribution is 2.39. The van der Waals surface area contributed by atoms with E-state index in [2.05, 4.69) is 20.7 Å². The predicted octanol–water partition coefficient (Wildman–Crippen LogP) is 1.36. The van der Waals surface area contributed by atoms with Gasteiger partial charge in [-0.3, -0.25) is 9.59 Å². The Morgan fingerprint density at radius 2 is 2.11 bits per heavy atom. The summed E-state index contributed by atoms with van der Waals surface area (Å²) >= 11 is 0. The molecule has 4 heterocycles. The van der Waals surface area contributed by atoms with E-state index in [0.717, 1.165) is 43.6 Å². The maximum Gasteiger partial charge on any atom is 0.224 e. The molecule has 0 aromatic carbocycles. The Kier molecular flexibility index (Phi) is 6.11. The van der Waals surface area contributed by atoms with E-state index in [1.807, 2.05) is 13.8 Å². The summed E-state index contributed by atoms with van der Waals surface area (Å²) in [5, 5.41) is 10.5. The molecule has 2 N–H and O–H groups in total. The van der Waals surface area contributed by atoms with Gasteiger partial charge in [0.25, 0.3) is 0 Å². The molecule has 4 rings (SSSR count). The smallest absolute Gasteiger partial charge is 0.224 e. The van der Waals surface area contributed by atoms with Gasteiger partial charge in [0.05, 0.1) is 18.2 Å². The van der Waals surface area contributed by atoms with Gasteiger partial charge in [-0.15, -0.1) is 12.4 Å². The van der Waals surface area contributed by atoms with Gasteiger partial charge in [0.15, 0.2) is 0 Å². The summed E-state index contributed by atoms with van der Waals surface area (Å²) in [5.74, 6) is 1.91. The van der Waals surface area contributed by atoms with E-state index in [4.69, 9.17) is 4.52 Å². The van der Waals surface area contributed by atoms with Gasteiger partial charge in [0.2, 0.25) is 11.8 Å². The Bertz CT molecular complexity index is 688. The number of hydrogen-bond donors (Lipinski definition) is 2. The van der Waals surface area contributed by atoms with E-state index in [1.54, 1.807) is 0 Å². The van der Waals surface area contributed by atoms with Gasteiger partial charge in [0.1, 0.15) is 5.76 Å². The summed E-state index contributed by atoms with van der Waals surface area (Å²) in [6, 6.07) is 0.440. The highest BCUT2D eigenvalue weighted by molar-refractivity contribution is 5.85. The van der Waals surface area contributed by atoms with E-state index >= 15 is 0 Å². The SMILES string of the molecule is Cc1noc(C)c1CC(=O)NC[C@H]1[C@@H]2CNC[C@@H](C2)[C@@H]2CCCC(=O)N21.Cl. The highest BCUT2D eigenvalue weighted by atomic mass is 35.5. The van der Waals surface area contributed by atoms with Crippen molar-refractivity contribution in [1.82, 2.24) is 20.7 Å². The molecule has 3 aliphatic heterocycles. The summed E-state index contributed by atoms with van der Waals surface area (Å²) in [5.41, 5.74) is 1.62. The van der Waals surface area contributed by atoms with Crippen LogP contribution in [0.25, 0.3) is 0 Å². The Balaban J connectivity index is 0.00000210. The van der Waals surface area contributed by atoms with Crippen molar-refractivity contribution in [3.63, 3.8) is 0 Å². The molecule has 2 bridgehead atoms. The van der Waals surface area contributed by atoms with Crippen molar-refractivity contribution in [3.05, 3.63) is 17.0 Å². The molecule has 3 aliphatic rings. The second-order valence-electron chi connectivity index (χ2n) is 8.03. The molecule has 4 atom stereocenters. The standard InChI is InChI=1S/C19H28N4O3.ClH/c1-11-15(12(2)26-22-11)7-18(24)21-10-17-14-6-13(8-20-9-14)16-4-3-5-19(25)23(16)17;/h13-14,16-17,20H,3-10H2,1-2H3,(H,21,24);1H/t13-,14+,16+,17+;/m1./s1. The third kappa shape index (κ3) is 3.85. The number of carbonyl (C=O) groups is 2. The van der Waals surface area contributed by atoms with E-state index in [-0.39, 0.29) is 36.7 Å². The monoisotopic (exact) mass is 396 g/mol. The van der Waals surface area contributed by atoms with Crippen molar-refractivity contribution in [2.75, 3.05) is 19.6 Å². The lowest BCUT2D eigenvalue weighted by atomic mass is 9.72. The van der Waals surface area contributed by atoms with E-state index in [0.29, 0.717) is 36.6 Å². The molecular formula is C19H29ClN4O3. The first-order valence-corrected chi connectivity index (χ1v) is 9.75. The largest absolute Gasteiger partial charge is 0.361 e. The molecule has 0 saturated carbocycles. The van der Waals surface area contributed by atoms with Crippen LogP contribution in [0.5, 0.6) is 0 Å². The fraction of sp³-hybridized carbons (Fsp3) is 0.737. The van der Waals surface area contributed by atoms with Gasteiger partial charge < -0.3 is 20.1 Å². The zero-order valence-electron chi connectivity index (χ0n) is 16.0. The zero-order valence-corrected chi connectivity index (χ0v) is 16.8. The second kappa shape index (κ2) is 8.19. The number of halogens is 1. The molecule has 150 valence electrons. The maximum atomic E-state index is 12.6. The quantitative estimate of drug-likeness (QED) is 0.802. The lowest BCUT2D eigenvalue weighted by Crippen LogP contribution is -2.66. The van der Waals surface area contributed by atoms with Crippen molar-refractivity contribution in [3.8, 4) is 0 Å². The van der Waals surface area contributed by atoms with Crippen LogP contribution in [-0.4, -0.2) is 53.6 Å². The molecule has 1 aromatic heterocycles. The number of hydrogen-bond acceptors (Lipinski definition) is 5. The molecule has 3 saturated heterocycles. The number of amides is 2.